The second-order valence-corrected chi connectivity index (χ2v) is 3.20. The Bertz CT molecular complexity index is 477. The van der Waals surface area contributed by atoms with E-state index in [1.54, 1.807) is 0 Å². The molecule has 0 aliphatic carbocycles. The van der Waals surface area contributed by atoms with Gasteiger partial charge in [-0.1, -0.05) is 0 Å². The summed E-state index contributed by atoms with van der Waals surface area (Å²) in [6, 6.07) is 2.10. The molecule has 0 atom stereocenters. The molecule has 1 aromatic rings. The van der Waals surface area contributed by atoms with Gasteiger partial charge < -0.3 is 21.0 Å². The lowest BCUT2D eigenvalue weighted by atomic mass is 10.2. The van der Waals surface area contributed by atoms with Crippen LogP contribution in [-0.2, 0) is 4.79 Å². The summed E-state index contributed by atoms with van der Waals surface area (Å²) < 4.78 is 36.0. The van der Waals surface area contributed by atoms with E-state index in [0.29, 0.717) is 6.07 Å². The van der Waals surface area contributed by atoms with Crippen molar-refractivity contribution in [1.82, 2.24) is 0 Å². The molecule has 0 heterocycles. The van der Waals surface area contributed by atoms with Gasteiger partial charge in [0.25, 0.3) is 0 Å². The van der Waals surface area contributed by atoms with Crippen LogP contribution in [0.2, 0.25) is 0 Å². The van der Waals surface area contributed by atoms with Crippen molar-refractivity contribution in [1.29, 1.82) is 0 Å². The van der Waals surface area contributed by atoms with E-state index in [1.807, 2.05) is 0 Å². The van der Waals surface area contributed by atoms with Gasteiger partial charge in [-0.25, -0.2) is 0 Å². The summed E-state index contributed by atoms with van der Waals surface area (Å²) in [5.41, 5.74) is -2.04. The zero-order valence-corrected chi connectivity index (χ0v) is 8.88. The standard InChI is InChI=1S/C8H6F3N3O5/c9-8(10,11)7(15)12-5-2-1-4(13(16)17)3-6(5)14(18)19/h1-3,18-19H,(H,12,15)/q-2. The summed E-state index contributed by atoms with van der Waals surface area (Å²) in [4.78, 5) is 10.7. The van der Waals surface area contributed by atoms with Gasteiger partial charge in [0.2, 0.25) is 0 Å². The number of amides is 1. The highest BCUT2D eigenvalue weighted by Crippen LogP contribution is 2.30. The van der Waals surface area contributed by atoms with Gasteiger partial charge in [0.05, 0.1) is 5.69 Å². The number of hydrogen-bond donors (Lipinski definition) is 3. The highest BCUT2D eigenvalue weighted by molar-refractivity contribution is 5.98. The maximum Gasteiger partial charge on any atom is 0.471 e. The zero-order valence-electron chi connectivity index (χ0n) is 8.88. The number of anilines is 3. The van der Waals surface area contributed by atoms with E-state index >= 15 is 0 Å². The molecule has 0 aromatic heterocycles. The summed E-state index contributed by atoms with van der Waals surface area (Å²) in [5, 5.41) is 38.2. The number of rotatable bonds is 3. The number of carbonyl (C=O) groups excluding carboxylic acids is 1. The number of alkyl halides is 3. The molecule has 3 N–H and O–H groups in total. The molecule has 0 unspecified atom stereocenters. The van der Waals surface area contributed by atoms with Gasteiger partial charge >= 0.3 is 12.1 Å². The molecule has 0 fully saturated rings. The third-order valence-electron chi connectivity index (χ3n) is 1.91. The Morgan fingerprint density at radius 1 is 1.26 bits per heavy atom. The average Bonchev–Trinajstić information content (AvgIpc) is 2.27. The number of hydrogen-bond acceptors (Lipinski definition) is 7. The van der Waals surface area contributed by atoms with E-state index < -0.39 is 39.6 Å². The minimum atomic E-state index is -5.19. The first-order chi connectivity index (χ1) is 8.62. The molecule has 0 spiro atoms. The zero-order chi connectivity index (χ0) is 14.8. The normalized spacial score (nSPS) is 11.1. The second kappa shape index (κ2) is 5.27. The molecular formula is C8H6F3N3O5-2. The van der Waals surface area contributed by atoms with Crippen LogP contribution < -0.4 is 15.8 Å². The average molecular weight is 281 g/mol. The largest absolute Gasteiger partial charge is 0.769 e. The van der Waals surface area contributed by atoms with Crippen LogP contribution in [0.1, 0.15) is 0 Å². The Morgan fingerprint density at radius 3 is 2.26 bits per heavy atom. The topological polar surface area (TPSA) is 122 Å². The first-order valence-corrected chi connectivity index (χ1v) is 4.47. The maximum absolute atomic E-state index is 12.0. The Hall–Kier alpha value is -2.08. The van der Waals surface area contributed by atoms with Crippen LogP contribution in [0.4, 0.5) is 30.2 Å². The van der Waals surface area contributed by atoms with Gasteiger partial charge in [-0.05, 0) is 18.2 Å². The SMILES string of the molecule is O=C(Nc1ccc(N([O-])[O-])cc1N(O)O)C(F)(F)F. The van der Waals surface area contributed by atoms with E-state index in [-0.39, 0.29) is 0 Å². The summed E-state index contributed by atoms with van der Waals surface area (Å²) in [5.74, 6) is -2.36. The smallest absolute Gasteiger partial charge is 0.471 e. The fourth-order valence-electron chi connectivity index (χ4n) is 1.10. The Labute approximate surface area is 103 Å². The lowest BCUT2D eigenvalue weighted by molar-refractivity contribution is -0.167. The summed E-state index contributed by atoms with van der Waals surface area (Å²) in [6.07, 6.45) is -5.19. The Morgan fingerprint density at radius 2 is 1.84 bits per heavy atom. The molecule has 0 bridgehead atoms. The van der Waals surface area contributed by atoms with E-state index in [2.05, 4.69) is 0 Å². The molecule has 0 saturated carbocycles. The molecule has 0 aliphatic heterocycles. The van der Waals surface area contributed by atoms with Crippen molar-refractivity contribution < 1.29 is 28.4 Å². The van der Waals surface area contributed by atoms with Crippen LogP contribution >= 0.6 is 0 Å². The fraction of sp³-hybridized carbons (Fsp3) is 0.125. The first kappa shape index (κ1) is 15.0. The van der Waals surface area contributed by atoms with E-state index in [0.717, 1.165) is 12.1 Å². The van der Waals surface area contributed by atoms with Crippen LogP contribution in [0.5, 0.6) is 0 Å². The summed E-state index contributed by atoms with van der Waals surface area (Å²) >= 11 is 0. The van der Waals surface area contributed by atoms with Crippen LogP contribution in [0, 0.1) is 10.4 Å². The van der Waals surface area contributed by atoms with E-state index in [1.165, 1.54) is 5.32 Å². The van der Waals surface area contributed by atoms with Crippen molar-refractivity contribution in [2.75, 3.05) is 15.8 Å². The quantitative estimate of drug-likeness (QED) is 0.718. The van der Waals surface area contributed by atoms with Crippen molar-refractivity contribution in [3.63, 3.8) is 0 Å². The van der Waals surface area contributed by atoms with Gasteiger partial charge in [0, 0.05) is 5.69 Å². The van der Waals surface area contributed by atoms with Gasteiger partial charge in [-0.2, -0.15) is 13.2 Å². The molecule has 1 aromatic carbocycles. The molecule has 1 rings (SSSR count). The van der Waals surface area contributed by atoms with Crippen molar-refractivity contribution >= 4 is 23.0 Å². The molecule has 0 saturated heterocycles. The minimum absolute atomic E-state index is 0.575. The van der Waals surface area contributed by atoms with Crippen LogP contribution in [0.3, 0.4) is 0 Å². The minimum Gasteiger partial charge on any atom is -0.769 e. The van der Waals surface area contributed by atoms with Crippen molar-refractivity contribution in [3.8, 4) is 0 Å². The molecule has 11 heteroatoms. The van der Waals surface area contributed by atoms with Gasteiger partial charge in [-0.3, -0.25) is 15.2 Å². The summed E-state index contributed by atoms with van der Waals surface area (Å²) in [7, 11) is 0. The predicted molar refractivity (Wildman–Crippen MR) is 56.4 cm³/mol. The molecule has 0 radical (unpaired) electrons. The fourth-order valence-corrected chi connectivity index (χ4v) is 1.10. The lowest BCUT2D eigenvalue weighted by Gasteiger charge is -2.38. The number of carbonyl (C=O) groups is 1. The number of nitrogens with one attached hydrogen (secondary N) is 1. The van der Waals surface area contributed by atoms with Gasteiger partial charge in [0.1, 0.15) is 5.69 Å². The first-order valence-electron chi connectivity index (χ1n) is 4.47. The van der Waals surface area contributed by atoms with Gasteiger partial charge in [-0.15, -0.1) is 5.23 Å². The predicted octanol–water partition coefficient (Wildman–Crippen LogP) is 1.57. The number of halogens is 3. The molecule has 19 heavy (non-hydrogen) atoms. The monoisotopic (exact) mass is 281 g/mol. The highest BCUT2D eigenvalue weighted by Gasteiger charge is 2.39. The van der Waals surface area contributed by atoms with Crippen LogP contribution in [0.15, 0.2) is 18.2 Å². The molecular weight excluding hydrogens is 275 g/mol. The van der Waals surface area contributed by atoms with Gasteiger partial charge in [0.15, 0.2) is 0 Å². The number of nitrogens with zero attached hydrogens (tertiary/aromatic N) is 2. The number of benzene rings is 1. The van der Waals surface area contributed by atoms with Crippen LogP contribution in [-0.4, -0.2) is 22.5 Å². The molecule has 1 amide bonds. The van der Waals surface area contributed by atoms with Crippen LogP contribution in [0.25, 0.3) is 0 Å². The maximum atomic E-state index is 12.0. The molecule has 106 valence electrons. The molecule has 8 nitrogen and oxygen atoms in total. The van der Waals surface area contributed by atoms with E-state index in [9.17, 15) is 28.4 Å². The van der Waals surface area contributed by atoms with Crippen molar-refractivity contribution in [3.05, 3.63) is 28.6 Å². The van der Waals surface area contributed by atoms with Crippen molar-refractivity contribution in [2.45, 2.75) is 6.18 Å². The second-order valence-electron chi connectivity index (χ2n) is 3.20. The van der Waals surface area contributed by atoms with Crippen molar-refractivity contribution in [2.24, 2.45) is 0 Å². The molecule has 0 aliphatic rings. The summed E-state index contributed by atoms with van der Waals surface area (Å²) in [6.45, 7) is 0. The Balaban J connectivity index is 3.11. The Kier molecular flexibility index (Phi) is 4.16. The third-order valence-corrected chi connectivity index (χ3v) is 1.91. The lowest BCUT2D eigenvalue weighted by Crippen LogP contribution is -2.30. The van der Waals surface area contributed by atoms with E-state index in [4.69, 9.17) is 10.4 Å². The highest BCUT2D eigenvalue weighted by atomic mass is 19.4. The third kappa shape index (κ3) is 3.69.